The van der Waals surface area contributed by atoms with Crippen molar-refractivity contribution in [3.8, 4) is 17.9 Å². The predicted molar refractivity (Wildman–Crippen MR) is 54.4 cm³/mol. The molecule has 0 atom stereocenters. The summed E-state index contributed by atoms with van der Waals surface area (Å²) in [5.41, 5.74) is 1.47. The second kappa shape index (κ2) is 5.80. The summed E-state index contributed by atoms with van der Waals surface area (Å²) in [7, 11) is 0. The van der Waals surface area contributed by atoms with E-state index in [0.717, 1.165) is 5.56 Å². The van der Waals surface area contributed by atoms with Crippen molar-refractivity contribution in [1.82, 2.24) is 0 Å². The number of nitriles is 1. The van der Waals surface area contributed by atoms with Crippen LogP contribution in [-0.4, -0.2) is 11.7 Å². The summed E-state index contributed by atoms with van der Waals surface area (Å²) in [5.74, 6) is 5.88. The molecule has 1 rings (SSSR count). The van der Waals surface area contributed by atoms with Crippen LogP contribution in [0.25, 0.3) is 0 Å². The molecule has 0 aromatic heterocycles. The van der Waals surface area contributed by atoms with Crippen molar-refractivity contribution in [3.63, 3.8) is 0 Å². The van der Waals surface area contributed by atoms with Crippen molar-refractivity contribution >= 4 is 0 Å². The van der Waals surface area contributed by atoms with E-state index in [1.165, 1.54) is 0 Å². The van der Waals surface area contributed by atoms with Gasteiger partial charge in [-0.3, -0.25) is 0 Å². The van der Waals surface area contributed by atoms with E-state index in [1.807, 2.05) is 12.1 Å². The molecule has 0 amide bonds. The Morgan fingerprint density at radius 1 is 1.29 bits per heavy atom. The van der Waals surface area contributed by atoms with Gasteiger partial charge >= 0.3 is 0 Å². The molecule has 0 spiro atoms. The van der Waals surface area contributed by atoms with Gasteiger partial charge in [0.1, 0.15) is 0 Å². The fraction of sp³-hybridized carbons (Fsp3) is 0.250. The number of aliphatic hydroxyl groups is 1. The second-order valence-electron chi connectivity index (χ2n) is 2.82. The number of hydrogen-bond acceptors (Lipinski definition) is 2. The van der Waals surface area contributed by atoms with E-state index in [2.05, 4.69) is 17.9 Å². The van der Waals surface area contributed by atoms with Gasteiger partial charge in [-0.25, -0.2) is 0 Å². The van der Waals surface area contributed by atoms with Crippen LogP contribution in [0.3, 0.4) is 0 Å². The van der Waals surface area contributed by atoms with Crippen molar-refractivity contribution in [2.45, 2.75) is 12.8 Å². The molecule has 0 aliphatic rings. The Morgan fingerprint density at radius 3 is 2.79 bits per heavy atom. The first kappa shape index (κ1) is 10.3. The summed E-state index contributed by atoms with van der Waals surface area (Å²) < 4.78 is 0. The molecule has 0 heterocycles. The van der Waals surface area contributed by atoms with E-state index >= 15 is 0 Å². The van der Waals surface area contributed by atoms with Gasteiger partial charge < -0.3 is 5.11 Å². The van der Waals surface area contributed by atoms with Gasteiger partial charge in [0.2, 0.25) is 0 Å². The minimum atomic E-state index is 0.174. The van der Waals surface area contributed by atoms with Crippen LogP contribution in [0.1, 0.15) is 24.0 Å². The first-order chi connectivity index (χ1) is 6.86. The minimum Gasteiger partial charge on any atom is -0.396 e. The molecule has 0 saturated carbocycles. The van der Waals surface area contributed by atoms with Gasteiger partial charge in [0.25, 0.3) is 0 Å². The summed E-state index contributed by atoms with van der Waals surface area (Å²) in [6, 6.07) is 9.25. The standard InChI is InChI=1S/C12H11NO/c13-10-12-7-4-6-11(9-12)5-2-1-3-8-14/h4,6-7,9,14H,1,3,8H2. The zero-order valence-corrected chi connectivity index (χ0v) is 7.83. The Kier molecular flexibility index (Phi) is 4.27. The van der Waals surface area contributed by atoms with Crippen molar-refractivity contribution < 1.29 is 5.11 Å². The molecule has 0 aliphatic carbocycles. The number of rotatable bonds is 2. The van der Waals surface area contributed by atoms with Crippen LogP contribution in [0.5, 0.6) is 0 Å². The lowest BCUT2D eigenvalue weighted by Gasteiger charge is -1.90. The molecule has 0 saturated heterocycles. The first-order valence-corrected chi connectivity index (χ1v) is 4.46. The Bertz CT molecular complexity index is 393. The highest BCUT2D eigenvalue weighted by Crippen LogP contribution is 2.02. The van der Waals surface area contributed by atoms with E-state index in [9.17, 15) is 0 Å². The zero-order chi connectivity index (χ0) is 10.2. The smallest absolute Gasteiger partial charge is 0.0992 e. The highest BCUT2D eigenvalue weighted by Gasteiger charge is 1.89. The van der Waals surface area contributed by atoms with E-state index in [-0.39, 0.29) is 6.61 Å². The average Bonchev–Trinajstić information content (AvgIpc) is 2.25. The fourth-order valence-electron chi connectivity index (χ4n) is 0.999. The number of aliphatic hydroxyl groups excluding tert-OH is 1. The van der Waals surface area contributed by atoms with Gasteiger partial charge in [0, 0.05) is 18.6 Å². The van der Waals surface area contributed by atoms with Crippen molar-refractivity contribution in [1.29, 1.82) is 5.26 Å². The molecule has 14 heavy (non-hydrogen) atoms. The summed E-state index contributed by atoms with van der Waals surface area (Å²) in [4.78, 5) is 0. The normalized spacial score (nSPS) is 8.57. The van der Waals surface area contributed by atoms with E-state index in [1.54, 1.807) is 12.1 Å². The predicted octanol–water partition coefficient (Wildman–Crippen LogP) is 1.68. The van der Waals surface area contributed by atoms with E-state index < -0.39 is 0 Å². The summed E-state index contributed by atoms with van der Waals surface area (Å²) >= 11 is 0. The molecule has 2 nitrogen and oxygen atoms in total. The van der Waals surface area contributed by atoms with Crippen LogP contribution in [-0.2, 0) is 0 Å². The number of benzene rings is 1. The summed E-state index contributed by atoms with van der Waals surface area (Å²) in [6.45, 7) is 0.174. The monoisotopic (exact) mass is 185 g/mol. The molecular weight excluding hydrogens is 174 g/mol. The maximum Gasteiger partial charge on any atom is 0.0992 e. The lowest BCUT2D eigenvalue weighted by molar-refractivity contribution is 0.290. The van der Waals surface area contributed by atoms with Crippen LogP contribution in [0.15, 0.2) is 24.3 Å². The quantitative estimate of drug-likeness (QED) is 0.562. The van der Waals surface area contributed by atoms with Gasteiger partial charge in [-0.05, 0) is 24.6 Å². The third-order valence-corrected chi connectivity index (χ3v) is 1.68. The topological polar surface area (TPSA) is 44.0 Å². The van der Waals surface area contributed by atoms with Crippen molar-refractivity contribution in [3.05, 3.63) is 35.4 Å². The van der Waals surface area contributed by atoms with Crippen LogP contribution in [0, 0.1) is 23.2 Å². The highest BCUT2D eigenvalue weighted by atomic mass is 16.2. The maximum absolute atomic E-state index is 8.64. The molecular formula is C12H11NO. The third-order valence-electron chi connectivity index (χ3n) is 1.68. The maximum atomic E-state index is 8.64. The van der Waals surface area contributed by atoms with E-state index in [4.69, 9.17) is 10.4 Å². The Balaban J connectivity index is 2.66. The largest absolute Gasteiger partial charge is 0.396 e. The summed E-state index contributed by atoms with van der Waals surface area (Å²) in [6.07, 6.45) is 1.39. The average molecular weight is 185 g/mol. The first-order valence-electron chi connectivity index (χ1n) is 4.46. The minimum absolute atomic E-state index is 0.174. The van der Waals surface area contributed by atoms with Crippen LogP contribution in [0.4, 0.5) is 0 Å². The van der Waals surface area contributed by atoms with E-state index in [0.29, 0.717) is 18.4 Å². The van der Waals surface area contributed by atoms with Gasteiger partial charge in [0.15, 0.2) is 0 Å². The molecule has 0 aliphatic heterocycles. The second-order valence-corrected chi connectivity index (χ2v) is 2.82. The zero-order valence-electron chi connectivity index (χ0n) is 7.83. The van der Waals surface area contributed by atoms with Crippen molar-refractivity contribution in [2.24, 2.45) is 0 Å². The summed E-state index contributed by atoms with van der Waals surface area (Å²) in [5, 5.41) is 17.2. The number of unbranched alkanes of at least 4 members (excludes halogenated alkanes) is 1. The SMILES string of the molecule is N#Cc1cccc(C#CCCCO)c1. The molecule has 0 bridgehead atoms. The number of nitrogens with zero attached hydrogens (tertiary/aromatic N) is 1. The molecule has 1 aromatic carbocycles. The van der Waals surface area contributed by atoms with Crippen molar-refractivity contribution in [2.75, 3.05) is 6.61 Å². The Hall–Kier alpha value is -1.77. The lowest BCUT2D eigenvalue weighted by atomic mass is 10.1. The molecule has 2 heteroatoms. The van der Waals surface area contributed by atoms with Crippen LogP contribution < -0.4 is 0 Å². The third kappa shape index (κ3) is 3.31. The molecule has 1 N–H and O–H groups in total. The fourth-order valence-corrected chi connectivity index (χ4v) is 0.999. The van der Waals surface area contributed by atoms with Gasteiger partial charge in [0.05, 0.1) is 11.6 Å². The molecule has 0 unspecified atom stereocenters. The van der Waals surface area contributed by atoms with Gasteiger partial charge in [-0.2, -0.15) is 5.26 Å². The van der Waals surface area contributed by atoms with Crippen LogP contribution in [0.2, 0.25) is 0 Å². The van der Waals surface area contributed by atoms with Crippen LogP contribution >= 0.6 is 0 Å². The molecule has 0 radical (unpaired) electrons. The van der Waals surface area contributed by atoms with Gasteiger partial charge in [-0.1, -0.05) is 17.9 Å². The molecule has 1 aromatic rings. The molecule has 0 fully saturated rings. The lowest BCUT2D eigenvalue weighted by Crippen LogP contribution is -1.80. The Labute approximate surface area is 83.8 Å². The van der Waals surface area contributed by atoms with Gasteiger partial charge in [-0.15, -0.1) is 0 Å². The Morgan fingerprint density at radius 2 is 2.07 bits per heavy atom. The number of hydrogen-bond donors (Lipinski definition) is 1. The molecule has 70 valence electrons. The highest BCUT2D eigenvalue weighted by molar-refractivity contribution is 5.41.